The highest BCUT2D eigenvalue weighted by molar-refractivity contribution is 7.67. The largest absolute Gasteiger partial charge is 0.339 e. The normalized spacial score (nSPS) is 13.1. The van der Waals surface area contributed by atoms with E-state index >= 15 is 0 Å². The first kappa shape index (κ1) is 22.2. The average Bonchev–Trinajstić information content (AvgIpc) is 3.25. The Morgan fingerprint density at radius 1 is 1.09 bits per heavy atom. The molecule has 0 bridgehead atoms. The van der Waals surface area contributed by atoms with Gasteiger partial charge in [-0.15, -0.1) is 5.53 Å². The van der Waals surface area contributed by atoms with Gasteiger partial charge in [0.15, 0.2) is 17.5 Å². The van der Waals surface area contributed by atoms with Crippen LogP contribution in [-0.2, 0) is 11.1 Å². The van der Waals surface area contributed by atoms with Crippen molar-refractivity contribution in [3.05, 3.63) is 72.3 Å². The summed E-state index contributed by atoms with van der Waals surface area (Å²) in [6.07, 6.45) is 3.32. The second kappa shape index (κ2) is 8.96. The summed E-state index contributed by atoms with van der Waals surface area (Å²) in [5.74, 6) is 1.03. The molecule has 1 aliphatic rings. The lowest BCUT2D eigenvalue weighted by atomic mass is 10.1. The number of hydrazine groups is 2. The minimum Gasteiger partial charge on any atom is -0.339 e. The minimum atomic E-state index is -3.20. The molecule has 0 unspecified atom stereocenters. The second-order valence-corrected chi connectivity index (χ2v) is 10.2. The predicted octanol–water partition coefficient (Wildman–Crippen LogP) is 3.02. The van der Waals surface area contributed by atoms with E-state index < -0.39 is 13.3 Å². The number of nitrogens with zero attached hydrogens (tertiary/aromatic N) is 4. The topological polar surface area (TPSA) is 119 Å². The van der Waals surface area contributed by atoms with E-state index in [1.54, 1.807) is 18.5 Å². The second-order valence-electron chi connectivity index (χ2n) is 7.63. The molecule has 3 heterocycles. The Morgan fingerprint density at radius 2 is 1.94 bits per heavy atom. The van der Waals surface area contributed by atoms with Crippen molar-refractivity contribution in [1.82, 2.24) is 30.7 Å². The number of benzene rings is 2. The standard InChI is InChI=1S/C22H23FN9OP/c1-24-34(33,25-2)19-8-6-16(11-17(19)23)28-20-12-27-21-22(29-20)32(31-30-21)13-14-5-7-18-15(10-14)4-3-9-26-18/h3-12,31H,13H2,1-2H3,(H,27,30)(H,28,29)(H2,24,25,33). The minimum absolute atomic E-state index is 0.0771. The third-order valence-electron chi connectivity index (χ3n) is 5.52. The van der Waals surface area contributed by atoms with Crippen LogP contribution in [0.3, 0.4) is 0 Å². The Labute approximate surface area is 195 Å². The Morgan fingerprint density at radius 3 is 2.74 bits per heavy atom. The van der Waals surface area contributed by atoms with Gasteiger partial charge in [-0.2, -0.15) is 0 Å². The van der Waals surface area contributed by atoms with Crippen LogP contribution in [-0.4, -0.2) is 29.0 Å². The molecule has 0 fully saturated rings. The van der Waals surface area contributed by atoms with Crippen molar-refractivity contribution < 1.29 is 8.96 Å². The molecule has 2 aromatic heterocycles. The van der Waals surface area contributed by atoms with Gasteiger partial charge in [0.2, 0.25) is 7.44 Å². The number of hydrogen-bond acceptors (Lipinski definition) is 8. The highest BCUT2D eigenvalue weighted by Gasteiger charge is 2.25. The summed E-state index contributed by atoms with van der Waals surface area (Å²) < 4.78 is 27.4. The number of fused-ring (bicyclic) bond motifs is 2. The number of hydrogen-bond donors (Lipinski definition) is 5. The van der Waals surface area contributed by atoms with Crippen LogP contribution >= 0.6 is 7.44 Å². The van der Waals surface area contributed by atoms with Crippen molar-refractivity contribution in [3.63, 3.8) is 0 Å². The highest BCUT2D eigenvalue weighted by atomic mass is 31.2. The van der Waals surface area contributed by atoms with Crippen LogP contribution in [0.15, 0.2) is 60.9 Å². The molecule has 4 aromatic rings. The summed E-state index contributed by atoms with van der Waals surface area (Å²) in [4.78, 5) is 13.4. The predicted molar refractivity (Wildman–Crippen MR) is 132 cm³/mol. The summed E-state index contributed by atoms with van der Waals surface area (Å²) >= 11 is 0. The quantitative estimate of drug-likeness (QED) is 0.253. The molecule has 0 aliphatic carbocycles. The number of aromatic nitrogens is 3. The van der Waals surface area contributed by atoms with Crippen molar-refractivity contribution in [2.24, 2.45) is 0 Å². The average molecular weight is 479 g/mol. The molecule has 0 spiro atoms. The van der Waals surface area contributed by atoms with E-state index in [1.807, 2.05) is 29.3 Å². The first-order chi connectivity index (χ1) is 16.5. The zero-order valence-electron chi connectivity index (χ0n) is 18.5. The van der Waals surface area contributed by atoms with Gasteiger partial charge in [0.1, 0.15) is 5.82 Å². The zero-order chi connectivity index (χ0) is 23.7. The van der Waals surface area contributed by atoms with E-state index in [-0.39, 0.29) is 5.30 Å². The maximum Gasteiger partial charge on any atom is 0.242 e. The van der Waals surface area contributed by atoms with Crippen molar-refractivity contribution in [3.8, 4) is 0 Å². The molecule has 2 aromatic carbocycles. The van der Waals surface area contributed by atoms with Crippen LogP contribution in [0.2, 0.25) is 0 Å². The van der Waals surface area contributed by atoms with Crippen LogP contribution < -0.4 is 36.8 Å². The van der Waals surface area contributed by atoms with Gasteiger partial charge in [-0.3, -0.25) is 30.2 Å². The van der Waals surface area contributed by atoms with Gasteiger partial charge in [-0.25, -0.2) is 14.4 Å². The Kier molecular flexibility index (Phi) is 5.84. The molecule has 0 saturated carbocycles. The van der Waals surface area contributed by atoms with E-state index in [0.717, 1.165) is 16.5 Å². The van der Waals surface area contributed by atoms with Crippen LogP contribution in [0.4, 0.5) is 27.5 Å². The van der Waals surface area contributed by atoms with E-state index in [2.05, 4.69) is 47.5 Å². The van der Waals surface area contributed by atoms with E-state index in [0.29, 0.717) is 29.7 Å². The van der Waals surface area contributed by atoms with Gasteiger partial charge in [-0.05, 0) is 56.1 Å². The molecule has 0 saturated heterocycles. The van der Waals surface area contributed by atoms with Gasteiger partial charge < -0.3 is 5.32 Å². The number of nitrogens with one attached hydrogen (secondary N) is 5. The number of rotatable bonds is 7. The lowest BCUT2D eigenvalue weighted by Crippen LogP contribution is -2.35. The fourth-order valence-electron chi connectivity index (χ4n) is 3.75. The highest BCUT2D eigenvalue weighted by Crippen LogP contribution is 2.35. The van der Waals surface area contributed by atoms with Gasteiger partial charge in [0.05, 0.1) is 23.6 Å². The zero-order valence-corrected chi connectivity index (χ0v) is 19.4. The van der Waals surface area contributed by atoms with Crippen molar-refractivity contribution in [2.75, 3.05) is 29.8 Å². The molecular weight excluding hydrogens is 456 g/mol. The Hall–Kier alpha value is -3.63. The molecular formula is C22H23FN9OP. The van der Waals surface area contributed by atoms with Crippen molar-refractivity contribution in [1.29, 1.82) is 0 Å². The summed E-state index contributed by atoms with van der Waals surface area (Å²) in [7, 11) is -0.161. The lowest BCUT2D eigenvalue weighted by molar-refractivity contribution is 0.566. The summed E-state index contributed by atoms with van der Waals surface area (Å²) in [6.45, 7) is 0.537. The summed E-state index contributed by atoms with van der Waals surface area (Å²) in [5, 5.41) is 11.3. The molecule has 12 heteroatoms. The number of pyridine rings is 1. The van der Waals surface area contributed by atoms with Crippen LogP contribution in [0.25, 0.3) is 10.9 Å². The molecule has 10 nitrogen and oxygen atoms in total. The molecule has 5 rings (SSSR count). The van der Waals surface area contributed by atoms with Gasteiger partial charge >= 0.3 is 0 Å². The first-order valence-electron chi connectivity index (χ1n) is 10.5. The summed E-state index contributed by atoms with van der Waals surface area (Å²) in [5.41, 5.74) is 8.53. The molecule has 0 radical (unpaired) electrons. The SMILES string of the molecule is CNP(=O)(NC)c1ccc(Nc2cnc3c(n2)N(Cc2ccc4ncccc4c2)NN3)cc1F. The maximum absolute atomic E-state index is 14.7. The Balaban J connectivity index is 1.36. The Bertz CT molecular complexity index is 1410. The van der Waals surface area contributed by atoms with E-state index in [1.165, 1.54) is 26.2 Å². The number of anilines is 4. The summed E-state index contributed by atoms with van der Waals surface area (Å²) in [6, 6.07) is 14.4. The number of halogens is 1. The van der Waals surface area contributed by atoms with Crippen LogP contribution in [0.5, 0.6) is 0 Å². The molecule has 174 valence electrons. The monoisotopic (exact) mass is 479 g/mol. The van der Waals surface area contributed by atoms with Crippen molar-refractivity contribution in [2.45, 2.75) is 6.54 Å². The van der Waals surface area contributed by atoms with Gasteiger partial charge in [0.25, 0.3) is 0 Å². The smallest absolute Gasteiger partial charge is 0.242 e. The molecule has 0 amide bonds. The third kappa shape index (κ3) is 4.17. The van der Waals surface area contributed by atoms with Crippen LogP contribution in [0, 0.1) is 5.82 Å². The van der Waals surface area contributed by atoms with Crippen LogP contribution in [0.1, 0.15) is 5.56 Å². The third-order valence-corrected chi connectivity index (χ3v) is 7.82. The molecule has 1 aliphatic heterocycles. The maximum atomic E-state index is 14.7. The fourth-order valence-corrected chi connectivity index (χ4v) is 5.11. The first-order valence-corrected chi connectivity index (χ1v) is 12.2. The fraction of sp³-hybridized carbons (Fsp3) is 0.136. The molecule has 34 heavy (non-hydrogen) atoms. The van der Waals surface area contributed by atoms with E-state index in [4.69, 9.17) is 0 Å². The molecule has 5 N–H and O–H groups in total. The molecule has 0 atom stereocenters. The van der Waals surface area contributed by atoms with Crippen molar-refractivity contribution >= 4 is 46.8 Å². The van der Waals surface area contributed by atoms with E-state index in [9.17, 15) is 8.96 Å². The lowest BCUT2D eigenvalue weighted by Gasteiger charge is -2.18. The van der Waals surface area contributed by atoms with Gasteiger partial charge in [-0.1, -0.05) is 12.1 Å². The van der Waals surface area contributed by atoms with Gasteiger partial charge in [0, 0.05) is 17.3 Å².